The van der Waals surface area contributed by atoms with E-state index in [1.807, 2.05) is 0 Å². The number of aliphatic carboxylic acids is 1. The number of nitro groups is 1. The standard InChI is InChI=1S/C9H8N2O5/c1-16-6-2-3-7(10-5-9(12)13)8(4-6)11(14)15/h2-5H,1H3,(H,12,13)/b10-5+. The van der Waals surface area contributed by atoms with Crippen molar-refractivity contribution in [3.8, 4) is 5.75 Å². The molecule has 0 atom stereocenters. The Labute approximate surface area is 90.1 Å². The van der Waals surface area contributed by atoms with Crippen LogP contribution in [0.3, 0.4) is 0 Å². The molecule has 0 bridgehead atoms. The lowest BCUT2D eigenvalue weighted by molar-refractivity contribution is -0.384. The smallest absolute Gasteiger partial charge is 0.346 e. The highest BCUT2D eigenvalue weighted by atomic mass is 16.6. The number of carbonyl (C=O) groups is 1. The van der Waals surface area contributed by atoms with Crippen molar-refractivity contribution in [2.24, 2.45) is 4.99 Å². The SMILES string of the molecule is COc1ccc(/N=C/C(=O)O)c([N+](=O)[O-])c1. The Hall–Kier alpha value is -2.44. The molecule has 7 nitrogen and oxygen atoms in total. The van der Waals surface area contributed by atoms with Gasteiger partial charge < -0.3 is 9.84 Å². The van der Waals surface area contributed by atoms with E-state index in [1.165, 1.54) is 25.3 Å². The number of benzene rings is 1. The molecule has 0 unspecified atom stereocenters. The van der Waals surface area contributed by atoms with Crippen molar-refractivity contribution in [3.05, 3.63) is 28.3 Å². The first-order valence-corrected chi connectivity index (χ1v) is 4.14. The van der Waals surface area contributed by atoms with Crippen LogP contribution in [0.5, 0.6) is 5.75 Å². The summed E-state index contributed by atoms with van der Waals surface area (Å²) in [4.78, 5) is 23.7. The fourth-order valence-electron chi connectivity index (χ4n) is 1.01. The Morgan fingerprint density at radius 1 is 1.62 bits per heavy atom. The molecule has 0 heterocycles. The molecule has 0 fully saturated rings. The predicted octanol–water partition coefficient (Wildman–Crippen LogP) is 1.39. The number of aliphatic imine (C=N–C) groups is 1. The van der Waals surface area contributed by atoms with Crippen molar-refractivity contribution < 1.29 is 19.6 Å². The van der Waals surface area contributed by atoms with Gasteiger partial charge in [0.1, 0.15) is 17.7 Å². The van der Waals surface area contributed by atoms with Crippen molar-refractivity contribution in [2.45, 2.75) is 0 Å². The molecule has 0 spiro atoms. The van der Waals surface area contributed by atoms with Crippen LogP contribution in [0.25, 0.3) is 0 Å². The highest BCUT2D eigenvalue weighted by molar-refractivity contribution is 6.22. The lowest BCUT2D eigenvalue weighted by atomic mass is 10.2. The number of methoxy groups -OCH3 is 1. The Morgan fingerprint density at radius 2 is 2.31 bits per heavy atom. The van der Waals surface area contributed by atoms with Crippen molar-refractivity contribution in [3.63, 3.8) is 0 Å². The van der Waals surface area contributed by atoms with E-state index in [2.05, 4.69) is 4.99 Å². The van der Waals surface area contributed by atoms with E-state index >= 15 is 0 Å². The lowest BCUT2D eigenvalue weighted by Crippen LogP contribution is -1.95. The maximum absolute atomic E-state index is 10.7. The van der Waals surface area contributed by atoms with E-state index in [-0.39, 0.29) is 11.4 Å². The molecule has 7 heteroatoms. The normalized spacial score (nSPS) is 10.3. The first-order chi connectivity index (χ1) is 7.54. The largest absolute Gasteiger partial charge is 0.496 e. The molecule has 0 aromatic heterocycles. The maximum atomic E-state index is 10.7. The molecule has 0 saturated heterocycles. The quantitative estimate of drug-likeness (QED) is 0.473. The van der Waals surface area contributed by atoms with E-state index in [9.17, 15) is 14.9 Å². The number of rotatable bonds is 4. The fraction of sp³-hybridized carbons (Fsp3) is 0.111. The zero-order valence-electron chi connectivity index (χ0n) is 8.28. The van der Waals surface area contributed by atoms with Crippen LogP contribution >= 0.6 is 0 Å². The fourth-order valence-corrected chi connectivity index (χ4v) is 1.01. The van der Waals surface area contributed by atoms with Gasteiger partial charge in [0.15, 0.2) is 0 Å². The first kappa shape index (κ1) is 11.6. The molecular weight excluding hydrogens is 216 g/mol. The molecule has 1 aromatic rings. The number of hydrogen-bond donors (Lipinski definition) is 1. The third kappa shape index (κ3) is 2.77. The van der Waals surface area contributed by atoms with Gasteiger partial charge in [-0.05, 0) is 12.1 Å². The minimum absolute atomic E-state index is 0.0341. The van der Waals surface area contributed by atoms with Crippen LogP contribution < -0.4 is 4.74 Å². The van der Waals surface area contributed by atoms with Crippen molar-refractivity contribution in [1.82, 2.24) is 0 Å². The molecule has 0 aliphatic carbocycles. The number of carboxylic acid groups (broad SMARTS) is 1. The van der Waals surface area contributed by atoms with Gasteiger partial charge in [-0.1, -0.05) is 0 Å². The molecule has 0 aliphatic rings. The van der Waals surface area contributed by atoms with Crippen LogP contribution in [0.4, 0.5) is 11.4 Å². The van der Waals surface area contributed by atoms with E-state index < -0.39 is 10.9 Å². The van der Waals surface area contributed by atoms with Gasteiger partial charge in [0.2, 0.25) is 0 Å². The molecule has 1 N–H and O–H groups in total. The Kier molecular flexibility index (Phi) is 3.54. The Morgan fingerprint density at radius 3 is 2.81 bits per heavy atom. The molecule has 1 rings (SSSR count). The van der Waals surface area contributed by atoms with Crippen LogP contribution in [0, 0.1) is 10.1 Å². The second-order valence-electron chi connectivity index (χ2n) is 2.71. The Balaban J connectivity index is 3.18. The molecule has 0 aliphatic heterocycles. The summed E-state index contributed by atoms with van der Waals surface area (Å²) in [6, 6.07) is 3.95. The van der Waals surface area contributed by atoms with Crippen molar-refractivity contribution >= 4 is 23.6 Å². The van der Waals surface area contributed by atoms with Gasteiger partial charge >= 0.3 is 5.97 Å². The summed E-state index contributed by atoms with van der Waals surface area (Å²) < 4.78 is 4.81. The highest BCUT2D eigenvalue weighted by Gasteiger charge is 2.14. The van der Waals surface area contributed by atoms with E-state index in [0.717, 1.165) is 0 Å². The van der Waals surface area contributed by atoms with E-state index in [4.69, 9.17) is 9.84 Å². The molecule has 1 aromatic carbocycles. The molecule has 0 saturated carbocycles. The van der Waals surface area contributed by atoms with E-state index in [1.54, 1.807) is 0 Å². The summed E-state index contributed by atoms with van der Waals surface area (Å²) in [5.41, 5.74) is -0.343. The molecule has 84 valence electrons. The van der Waals surface area contributed by atoms with Gasteiger partial charge in [-0.3, -0.25) is 10.1 Å². The second kappa shape index (κ2) is 4.87. The maximum Gasteiger partial charge on any atom is 0.346 e. The van der Waals surface area contributed by atoms with Crippen LogP contribution in [-0.2, 0) is 4.79 Å². The van der Waals surface area contributed by atoms with Gasteiger partial charge in [-0.15, -0.1) is 0 Å². The number of hydrogen-bond acceptors (Lipinski definition) is 5. The third-order valence-corrected chi connectivity index (χ3v) is 1.69. The first-order valence-electron chi connectivity index (χ1n) is 4.14. The zero-order chi connectivity index (χ0) is 12.1. The highest BCUT2D eigenvalue weighted by Crippen LogP contribution is 2.30. The van der Waals surface area contributed by atoms with Gasteiger partial charge in [0.25, 0.3) is 5.69 Å². The lowest BCUT2D eigenvalue weighted by Gasteiger charge is -2.00. The van der Waals surface area contributed by atoms with Crippen molar-refractivity contribution in [2.75, 3.05) is 7.11 Å². The molecule has 16 heavy (non-hydrogen) atoms. The molecular formula is C9H8N2O5. The molecule has 0 radical (unpaired) electrons. The summed E-state index contributed by atoms with van der Waals surface area (Å²) in [5, 5.41) is 19.0. The molecule has 0 amide bonds. The van der Waals surface area contributed by atoms with Crippen LogP contribution in [0.15, 0.2) is 23.2 Å². The van der Waals surface area contributed by atoms with Gasteiger partial charge in [-0.2, -0.15) is 0 Å². The van der Waals surface area contributed by atoms with Gasteiger partial charge in [0, 0.05) is 0 Å². The Bertz CT molecular complexity index is 455. The summed E-state index contributed by atoms with van der Waals surface area (Å²) in [6.45, 7) is 0. The van der Waals surface area contributed by atoms with Crippen LogP contribution in [0.1, 0.15) is 0 Å². The minimum atomic E-state index is -1.27. The summed E-state index contributed by atoms with van der Waals surface area (Å²) in [7, 11) is 1.37. The summed E-state index contributed by atoms with van der Waals surface area (Å²) >= 11 is 0. The zero-order valence-corrected chi connectivity index (χ0v) is 8.28. The number of ether oxygens (including phenoxy) is 1. The number of carboxylic acids is 1. The second-order valence-corrected chi connectivity index (χ2v) is 2.71. The number of nitrogens with zero attached hydrogens (tertiary/aromatic N) is 2. The predicted molar refractivity (Wildman–Crippen MR) is 55.4 cm³/mol. The van der Waals surface area contributed by atoms with Crippen molar-refractivity contribution in [1.29, 1.82) is 0 Å². The monoisotopic (exact) mass is 224 g/mol. The average molecular weight is 224 g/mol. The summed E-state index contributed by atoms with van der Waals surface area (Å²) in [6.07, 6.45) is 0.592. The van der Waals surface area contributed by atoms with Gasteiger partial charge in [-0.25, -0.2) is 9.79 Å². The third-order valence-electron chi connectivity index (χ3n) is 1.69. The summed E-state index contributed by atoms with van der Waals surface area (Å²) in [5.74, 6) is -0.967. The minimum Gasteiger partial charge on any atom is -0.496 e. The van der Waals surface area contributed by atoms with Crippen LogP contribution in [-0.4, -0.2) is 29.3 Å². The van der Waals surface area contributed by atoms with Crippen LogP contribution in [0.2, 0.25) is 0 Å². The van der Waals surface area contributed by atoms with E-state index in [0.29, 0.717) is 12.0 Å². The topological polar surface area (TPSA) is 102 Å². The van der Waals surface area contributed by atoms with Gasteiger partial charge in [0.05, 0.1) is 18.1 Å². The number of nitro benzene ring substituents is 1. The average Bonchev–Trinajstić information content (AvgIpc) is 2.25.